The Balaban J connectivity index is 1.46. The van der Waals surface area contributed by atoms with Gasteiger partial charge in [0.2, 0.25) is 11.9 Å². The van der Waals surface area contributed by atoms with Gasteiger partial charge < -0.3 is 10.2 Å². The maximum absolute atomic E-state index is 12.7. The van der Waals surface area contributed by atoms with Gasteiger partial charge in [0.05, 0.1) is 10.9 Å². The maximum atomic E-state index is 12.7. The van der Waals surface area contributed by atoms with Crippen LogP contribution in [0.15, 0.2) is 18.3 Å². The second kappa shape index (κ2) is 7.20. The van der Waals surface area contributed by atoms with Crippen molar-refractivity contribution in [1.29, 1.82) is 0 Å². The highest BCUT2D eigenvalue weighted by molar-refractivity contribution is 6.30. The van der Waals surface area contributed by atoms with Crippen molar-refractivity contribution in [2.45, 2.75) is 51.0 Å². The van der Waals surface area contributed by atoms with E-state index >= 15 is 0 Å². The maximum Gasteiger partial charge on any atom is 0.231 e. The molecule has 2 aliphatic rings. The largest absolute Gasteiger partial charge is 0.353 e. The molecule has 2 fully saturated rings. The molecule has 2 aromatic heterocycles. The first kappa shape index (κ1) is 16.6. The van der Waals surface area contributed by atoms with E-state index in [0.29, 0.717) is 17.6 Å². The molecule has 1 atom stereocenters. The van der Waals surface area contributed by atoms with Crippen LogP contribution < -0.4 is 10.2 Å². The average Bonchev–Trinajstić information content (AvgIpc) is 3.05. The summed E-state index contributed by atoms with van der Waals surface area (Å²) in [5.74, 6) is 0.985. The zero-order valence-corrected chi connectivity index (χ0v) is 15.1. The number of carbonyl (C=O) groups excluding carboxylic acids is 1. The van der Waals surface area contributed by atoms with E-state index in [1.165, 1.54) is 19.3 Å². The molecule has 3 heterocycles. The number of rotatable bonds is 3. The number of anilines is 1. The summed E-state index contributed by atoms with van der Waals surface area (Å²) in [5.41, 5.74) is 0.771. The first-order valence-electron chi connectivity index (χ1n) is 9.26. The fourth-order valence-electron chi connectivity index (χ4n) is 4.01. The topological polar surface area (TPSA) is 62.5 Å². The molecule has 6 nitrogen and oxygen atoms in total. The van der Waals surface area contributed by atoms with Gasteiger partial charge in [-0.3, -0.25) is 9.20 Å². The monoisotopic (exact) mass is 361 g/mol. The van der Waals surface area contributed by atoms with Crippen molar-refractivity contribution in [3.63, 3.8) is 0 Å². The van der Waals surface area contributed by atoms with Gasteiger partial charge in [0.25, 0.3) is 0 Å². The van der Waals surface area contributed by atoms with Crippen molar-refractivity contribution in [2.75, 3.05) is 18.0 Å². The van der Waals surface area contributed by atoms with Crippen molar-refractivity contribution in [2.24, 2.45) is 5.92 Å². The third-order valence-electron chi connectivity index (χ3n) is 5.37. The molecule has 134 valence electrons. The van der Waals surface area contributed by atoms with E-state index in [1.807, 2.05) is 22.7 Å². The highest BCUT2D eigenvalue weighted by Crippen LogP contribution is 2.25. The van der Waals surface area contributed by atoms with Gasteiger partial charge in [0, 0.05) is 25.3 Å². The molecule has 1 saturated heterocycles. The predicted molar refractivity (Wildman–Crippen MR) is 97.9 cm³/mol. The van der Waals surface area contributed by atoms with Gasteiger partial charge in [0.1, 0.15) is 0 Å². The lowest BCUT2D eigenvalue weighted by molar-refractivity contribution is -0.126. The van der Waals surface area contributed by atoms with E-state index < -0.39 is 0 Å². The lowest BCUT2D eigenvalue weighted by atomic mass is 9.93. The first-order chi connectivity index (χ1) is 12.2. The minimum absolute atomic E-state index is 0.0159. The second-order valence-corrected chi connectivity index (χ2v) is 7.64. The van der Waals surface area contributed by atoms with Crippen molar-refractivity contribution < 1.29 is 4.79 Å². The zero-order chi connectivity index (χ0) is 17.2. The normalized spacial score (nSPS) is 22.3. The molecule has 0 aromatic carbocycles. The van der Waals surface area contributed by atoms with Gasteiger partial charge in [-0.25, -0.2) is 0 Å². The predicted octanol–water partition coefficient (Wildman–Crippen LogP) is 3.05. The van der Waals surface area contributed by atoms with Gasteiger partial charge in [-0.1, -0.05) is 30.9 Å². The molecule has 4 rings (SSSR count). The van der Waals surface area contributed by atoms with Crippen LogP contribution in [0.4, 0.5) is 5.95 Å². The smallest absolute Gasteiger partial charge is 0.231 e. The zero-order valence-electron chi connectivity index (χ0n) is 14.3. The summed E-state index contributed by atoms with van der Waals surface area (Å²) >= 11 is 6.12. The molecule has 25 heavy (non-hydrogen) atoms. The number of amides is 1. The molecule has 1 N–H and O–H groups in total. The van der Waals surface area contributed by atoms with E-state index in [1.54, 1.807) is 0 Å². The number of nitrogens with one attached hydrogen (secondary N) is 1. The van der Waals surface area contributed by atoms with E-state index in [4.69, 9.17) is 11.6 Å². The quantitative estimate of drug-likeness (QED) is 0.912. The molecule has 0 bridgehead atoms. The molecule has 1 aliphatic heterocycles. The number of nitrogens with zero attached hydrogens (tertiary/aromatic N) is 4. The number of fused-ring (bicyclic) bond motifs is 1. The molecule has 1 amide bonds. The fraction of sp³-hybridized carbons (Fsp3) is 0.611. The van der Waals surface area contributed by atoms with Crippen LogP contribution in [-0.4, -0.2) is 39.6 Å². The molecular weight excluding hydrogens is 338 g/mol. The van der Waals surface area contributed by atoms with Crippen molar-refractivity contribution in [3.8, 4) is 0 Å². The number of carbonyl (C=O) groups is 1. The number of halogens is 1. The van der Waals surface area contributed by atoms with Crippen LogP contribution in [0.25, 0.3) is 5.65 Å². The minimum atomic E-state index is 0.0159. The summed E-state index contributed by atoms with van der Waals surface area (Å²) in [5, 5.41) is 12.4. The second-order valence-electron chi connectivity index (χ2n) is 7.20. The lowest BCUT2D eigenvalue weighted by Gasteiger charge is -2.33. The lowest BCUT2D eigenvalue weighted by Crippen LogP contribution is -2.46. The summed E-state index contributed by atoms with van der Waals surface area (Å²) in [6, 6.07) is 4.03. The average molecular weight is 362 g/mol. The molecule has 1 aliphatic carbocycles. The first-order valence-corrected chi connectivity index (χ1v) is 9.64. The van der Waals surface area contributed by atoms with Gasteiger partial charge in [-0.05, 0) is 37.8 Å². The summed E-state index contributed by atoms with van der Waals surface area (Å²) in [4.78, 5) is 14.9. The molecular formula is C18H24ClN5O. The summed E-state index contributed by atoms with van der Waals surface area (Å²) in [6.07, 6.45) is 9.75. The van der Waals surface area contributed by atoms with Crippen molar-refractivity contribution in [1.82, 2.24) is 19.9 Å². The standard InChI is InChI=1S/C18H24ClN5O/c19-14-8-9-16-21-22-18(24(16)12-14)23-10-4-5-13(11-23)17(25)20-15-6-2-1-3-7-15/h8-9,12-13,15H,1-7,10-11H2,(H,20,25)/t13-/m0/s1. The molecule has 0 unspecified atom stereocenters. The van der Waals surface area contributed by atoms with Crippen molar-refractivity contribution in [3.05, 3.63) is 23.4 Å². The Bertz CT molecular complexity index is 755. The SMILES string of the molecule is O=C(NC1CCCCC1)[C@H]1CCCN(c2nnc3ccc(Cl)cn23)C1. The molecule has 7 heteroatoms. The number of hydrogen-bond acceptors (Lipinski definition) is 4. The Hall–Kier alpha value is -1.82. The van der Waals surface area contributed by atoms with Crippen molar-refractivity contribution >= 4 is 29.1 Å². The number of hydrogen-bond donors (Lipinski definition) is 1. The minimum Gasteiger partial charge on any atom is -0.353 e. The third kappa shape index (κ3) is 3.59. The highest BCUT2D eigenvalue weighted by atomic mass is 35.5. The summed E-state index contributed by atoms with van der Waals surface area (Å²) < 4.78 is 1.91. The van der Waals surface area contributed by atoms with Crippen LogP contribution in [0.3, 0.4) is 0 Å². The molecule has 2 aromatic rings. The number of pyridine rings is 1. The molecule has 0 spiro atoms. The molecule has 1 saturated carbocycles. The van der Waals surface area contributed by atoms with Crippen LogP contribution in [0.2, 0.25) is 5.02 Å². The van der Waals surface area contributed by atoms with E-state index in [2.05, 4.69) is 20.4 Å². The van der Waals surface area contributed by atoms with Crippen LogP contribution in [0.5, 0.6) is 0 Å². The van der Waals surface area contributed by atoms with Gasteiger partial charge >= 0.3 is 0 Å². The van der Waals surface area contributed by atoms with E-state index in [9.17, 15) is 4.79 Å². The van der Waals surface area contributed by atoms with Crippen LogP contribution >= 0.6 is 11.6 Å². The van der Waals surface area contributed by atoms with Crippen LogP contribution in [0.1, 0.15) is 44.9 Å². The Morgan fingerprint density at radius 2 is 1.96 bits per heavy atom. The van der Waals surface area contributed by atoms with Crippen LogP contribution in [-0.2, 0) is 4.79 Å². The third-order valence-corrected chi connectivity index (χ3v) is 5.60. The fourth-order valence-corrected chi connectivity index (χ4v) is 4.17. The van der Waals surface area contributed by atoms with Gasteiger partial charge in [-0.15, -0.1) is 10.2 Å². The Morgan fingerprint density at radius 3 is 2.80 bits per heavy atom. The van der Waals surface area contributed by atoms with Gasteiger partial charge in [0.15, 0.2) is 5.65 Å². The Morgan fingerprint density at radius 1 is 1.12 bits per heavy atom. The highest BCUT2D eigenvalue weighted by Gasteiger charge is 2.29. The van der Waals surface area contributed by atoms with E-state index in [0.717, 1.165) is 43.8 Å². The summed E-state index contributed by atoms with van der Waals surface area (Å²) in [7, 11) is 0. The summed E-state index contributed by atoms with van der Waals surface area (Å²) in [6.45, 7) is 1.58. The number of piperidine rings is 1. The Labute approximate surface area is 152 Å². The van der Waals surface area contributed by atoms with Gasteiger partial charge in [-0.2, -0.15) is 0 Å². The Kier molecular flexibility index (Phi) is 4.79. The van der Waals surface area contributed by atoms with E-state index in [-0.39, 0.29) is 11.8 Å². The van der Waals surface area contributed by atoms with Crippen LogP contribution in [0, 0.1) is 5.92 Å². The molecule has 0 radical (unpaired) electrons. The number of aromatic nitrogens is 3.